The maximum Gasteiger partial charge on any atom is 0.200 e. The first-order valence-electron chi connectivity index (χ1n) is 26.3. The van der Waals surface area contributed by atoms with Crippen molar-refractivity contribution in [3.8, 4) is 40.6 Å². The number of pyridine rings is 1. The molecule has 2 fully saturated rings. The first kappa shape index (κ1) is 55.2. The van der Waals surface area contributed by atoms with Crippen LogP contribution in [0.15, 0.2) is 60.8 Å². The predicted molar refractivity (Wildman–Crippen MR) is 284 cm³/mol. The van der Waals surface area contributed by atoms with Gasteiger partial charge in [0.1, 0.15) is 6.79 Å². The molecule has 0 saturated heterocycles. The molecule has 14 nitrogen and oxygen atoms in total. The lowest BCUT2D eigenvalue weighted by atomic mass is 9.51. The number of phenolic OH excluding ortho intramolecular Hbond substituents is 2. The number of hydrogen-bond acceptors (Lipinski definition) is 16. The van der Waals surface area contributed by atoms with Crippen LogP contribution in [0.2, 0.25) is 0 Å². The molecule has 0 amide bonds. The summed E-state index contributed by atoms with van der Waals surface area (Å²) >= 11 is 0. The van der Waals surface area contributed by atoms with Gasteiger partial charge >= 0.3 is 0 Å². The van der Waals surface area contributed by atoms with E-state index in [2.05, 4.69) is 35.1 Å². The van der Waals surface area contributed by atoms with Crippen molar-refractivity contribution in [1.29, 1.82) is 0 Å². The monoisotopic (exact) mass is 1040 g/mol. The molecule has 3 aromatic carbocycles. The minimum atomic E-state index is -1.08. The maximum atomic E-state index is 11.9. The number of hydrogen-bond donors (Lipinski definition) is 9. The molecule has 1 spiro atoms. The normalized spacial score (nSPS) is 29.6. The lowest BCUT2D eigenvalue weighted by Crippen LogP contribution is -2.50. The number of aromatic nitrogens is 1. The van der Waals surface area contributed by atoms with Crippen LogP contribution in [0.25, 0.3) is 10.9 Å². The Labute approximate surface area is 438 Å². The van der Waals surface area contributed by atoms with Crippen LogP contribution in [0.4, 0.5) is 0 Å². The van der Waals surface area contributed by atoms with E-state index in [1.807, 2.05) is 30.3 Å². The Hall–Kier alpha value is -3.99. The first-order valence-corrected chi connectivity index (χ1v) is 28.7. The number of aliphatic hydroxyl groups is 6. The topological polar surface area (TPSA) is 224 Å². The van der Waals surface area contributed by atoms with E-state index in [0.717, 1.165) is 92.0 Å². The summed E-state index contributed by atoms with van der Waals surface area (Å²) in [7, 11) is 4.30. The van der Waals surface area contributed by atoms with Crippen LogP contribution in [-0.2, 0) is 17.6 Å². The highest BCUT2D eigenvalue weighted by molar-refractivity contribution is 8.76. The number of aromatic hydroxyl groups is 2. The number of aryl methyl sites for hydroxylation is 1. The van der Waals surface area contributed by atoms with Crippen molar-refractivity contribution in [2.24, 2.45) is 35.0 Å². The number of phenols is 2. The van der Waals surface area contributed by atoms with Gasteiger partial charge in [0.05, 0.1) is 43.1 Å². The summed E-state index contributed by atoms with van der Waals surface area (Å²) in [6, 6.07) is 16.8. The Morgan fingerprint density at radius 2 is 1.75 bits per heavy atom. The summed E-state index contributed by atoms with van der Waals surface area (Å²) in [4.78, 5) is 4.47. The van der Waals surface area contributed by atoms with Gasteiger partial charge in [0.25, 0.3) is 0 Å². The van der Waals surface area contributed by atoms with Crippen LogP contribution in [0.5, 0.6) is 28.7 Å². The summed E-state index contributed by atoms with van der Waals surface area (Å²) in [6.07, 6.45) is 7.75. The van der Waals surface area contributed by atoms with E-state index in [0.29, 0.717) is 54.7 Å². The van der Waals surface area contributed by atoms with Gasteiger partial charge in [0.2, 0.25) is 5.75 Å². The van der Waals surface area contributed by atoms with Gasteiger partial charge in [-0.1, -0.05) is 53.0 Å². The van der Waals surface area contributed by atoms with Crippen molar-refractivity contribution in [2.75, 3.05) is 46.1 Å². The molecule has 12 atom stereocenters. The minimum absolute atomic E-state index is 0.00150. The van der Waals surface area contributed by atoms with E-state index in [4.69, 9.17) is 18.9 Å². The molecule has 8 rings (SSSR count). The Morgan fingerprint density at radius 1 is 0.904 bits per heavy atom. The van der Waals surface area contributed by atoms with Crippen LogP contribution in [0.3, 0.4) is 0 Å². The van der Waals surface area contributed by atoms with Gasteiger partial charge in [0.15, 0.2) is 29.8 Å². The smallest absolute Gasteiger partial charge is 0.200 e. The quantitative estimate of drug-likeness (QED) is 0.0311. The van der Waals surface area contributed by atoms with Crippen molar-refractivity contribution < 1.29 is 59.8 Å². The molecular weight excluding hydrogens is 969 g/mol. The van der Waals surface area contributed by atoms with Gasteiger partial charge in [-0.3, -0.25) is 4.98 Å². The lowest BCUT2D eigenvalue weighted by molar-refractivity contribution is -0.0808. The molecule has 16 heteroatoms. The van der Waals surface area contributed by atoms with Gasteiger partial charge in [-0.15, -0.1) is 5.92 Å². The number of benzene rings is 3. The largest absolute Gasteiger partial charge is 0.504 e. The van der Waals surface area contributed by atoms with Gasteiger partial charge in [-0.05, 0) is 172 Å². The third kappa shape index (κ3) is 13.5. The van der Waals surface area contributed by atoms with Crippen LogP contribution in [0, 0.1) is 46.8 Å². The SMILES string of the molecule is COc1cc(C[C@H]2[C@H](O)C[C@@H](OCO)CCc3cc(O[C@H]4CC[C@H]5CNCCC#C[C@@]6(C[C@H](C)CC[C@H]6CC[C@H](O)c6ccc7ncccc7c6)[C@@H]5C4)c(O)cc3[C@H](CCO)SSC[C@@H]2O)cc(OCO)c1O. The number of rotatable bonds is 15. The van der Waals surface area contributed by atoms with Gasteiger partial charge in [0, 0.05) is 53.5 Å². The summed E-state index contributed by atoms with van der Waals surface area (Å²) in [5, 5.41) is 92.2. The molecule has 3 heterocycles. The highest BCUT2D eigenvalue weighted by Gasteiger charge is 2.52. The zero-order chi connectivity index (χ0) is 51.5. The van der Waals surface area contributed by atoms with Crippen molar-refractivity contribution in [1.82, 2.24) is 10.3 Å². The number of nitrogens with one attached hydrogen (secondary N) is 1. The van der Waals surface area contributed by atoms with Gasteiger partial charge in [-0.2, -0.15) is 0 Å². The number of methoxy groups -OCH3 is 1. The molecular formula is C57H76N2O12S2. The Balaban J connectivity index is 1.04. The second kappa shape index (κ2) is 26.2. The van der Waals surface area contributed by atoms with Crippen molar-refractivity contribution >= 4 is 32.5 Å². The van der Waals surface area contributed by atoms with Crippen LogP contribution >= 0.6 is 21.6 Å². The number of fused-ring (bicyclic) bond motifs is 4. The van der Waals surface area contributed by atoms with E-state index in [9.17, 15) is 40.9 Å². The molecule has 4 aromatic rings. The van der Waals surface area contributed by atoms with Crippen molar-refractivity contribution in [3.63, 3.8) is 0 Å². The fourth-order valence-electron chi connectivity index (χ4n) is 12.5. The molecule has 398 valence electrons. The summed E-state index contributed by atoms with van der Waals surface area (Å²) < 4.78 is 23.4. The molecule has 0 radical (unpaired) electrons. The summed E-state index contributed by atoms with van der Waals surface area (Å²) in [6.45, 7) is 2.74. The third-order valence-corrected chi connectivity index (χ3v) is 19.1. The van der Waals surface area contributed by atoms with Crippen molar-refractivity contribution in [3.05, 3.63) is 83.0 Å². The Bertz CT molecular complexity index is 2490. The predicted octanol–water partition coefficient (Wildman–Crippen LogP) is 8.14. The minimum Gasteiger partial charge on any atom is -0.504 e. The van der Waals surface area contributed by atoms with E-state index < -0.39 is 43.9 Å². The molecule has 9 N–H and O–H groups in total. The first-order chi connectivity index (χ1) is 35.4. The van der Waals surface area contributed by atoms with Crippen LogP contribution in [0.1, 0.15) is 118 Å². The second-order valence-electron chi connectivity index (χ2n) is 20.9. The van der Waals surface area contributed by atoms with E-state index in [-0.39, 0.29) is 70.9 Å². The van der Waals surface area contributed by atoms with E-state index in [1.165, 1.54) is 28.7 Å². The zero-order valence-corrected chi connectivity index (χ0v) is 43.9. The van der Waals surface area contributed by atoms with Gasteiger partial charge < -0.3 is 65.1 Å². The van der Waals surface area contributed by atoms with E-state index >= 15 is 0 Å². The number of nitrogens with zero attached hydrogens (tertiary/aromatic N) is 1. The molecule has 1 aromatic heterocycles. The highest BCUT2D eigenvalue weighted by Crippen LogP contribution is 2.57. The zero-order valence-electron chi connectivity index (χ0n) is 42.2. The highest BCUT2D eigenvalue weighted by atomic mass is 33.1. The average molecular weight is 1050 g/mol. The fourth-order valence-corrected chi connectivity index (χ4v) is 15.4. The third-order valence-electron chi connectivity index (χ3n) is 16.2. The number of aliphatic hydroxyl groups excluding tert-OH is 6. The second-order valence-corrected chi connectivity index (χ2v) is 23.5. The summed E-state index contributed by atoms with van der Waals surface area (Å²) in [5.74, 6) is 8.77. The fraction of sp³-hybridized carbons (Fsp3) is 0.596. The molecule has 0 bridgehead atoms. The lowest BCUT2D eigenvalue weighted by Gasteiger charge is -2.53. The Morgan fingerprint density at radius 3 is 2.56 bits per heavy atom. The molecule has 0 unspecified atom stereocenters. The molecule has 2 aliphatic heterocycles. The van der Waals surface area contributed by atoms with Crippen LogP contribution in [-0.4, -0.2) is 116 Å². The molecule has 2 saturated carbocycles. The van der Waals surface area contributed by atoms with Crippen molar-refractivity contribution in [2.45, 2.75) is 133 Å². The van der Waals surface area contributed by atoms with Gasteiger partial charge in [-0.25, -0.2) is 0 Å². The molecule has 2 aliphatic carbocycles. The average Bonchev–Trinajstić information content (AvgIpc) is 3.47. The standard InChI is InChI=1S/C57H76N2O12S2/c1-35-7-11-41(12-16-48(63)39-10-15-47-38(25-39)6-5-20-59-47)57(30-35)18-3-4-19-58-31-40-9-14-43(27-46(40)57)71-52-26-37-8-13-42(69-33-61)28-49(64)45(22-36-23-53(68-2)56(67)54(24-36)70-34-62)51(66)32-72-73-55(17-21-60)44(37)29-50(52)65/h5-6,10,15,20,23-26,29,35,40-43,45-46,48-49,51,55,58,60-67H,4,7-9,11-14,16-17,19,21-22,27-28,30-34H2,1-2H3/t35-,40+,41+,42+,43+,45+,46-,48+,49-,51+,55+,57+/m1/s1. The Kier molecular flexibility index (Phi) is 19.8. The molecule has 73 heavy (non-hydrogen) atoms. The summed E-state index contributed by atoms with van der Waals surface area (Å²) in [5.41, 5.74) is 3.88. The molecule has 4 aliphatic rings. The van der Waals surface area contributed by atoms with Crippen LogP contribution < -0.4 is 19.5 Å². The maximum absolute atomic E-state index is 11.9. The van der Waals surface area contributed by atoms with E-state index in [1.54, 1.807) is 24.4 Å². The number of ether oxygens (including phenoxy) is 4.